The highest BCUT2D eigenvalue weighted by Crippen LogP contribution is 2.48. The molecule has 0 aliphatic heterocycles. The molecular formula is C20H19FN4O. The first-order valence-electron chi connectivity index (χ1n) is 8.54. The molecule has 1 N–H and O–H groups in total. The van der Waals surface area contributed by atoms with Gasteiger partial charge in [0.1, 0.15) is 5.82 Å². The minimum Gasteiger partial charge on any atom is -0.351 e. The number of hydrogen-bond acceptors (Lipinski definition) is 3. The lowest BCUT2D eigenvalue weighted by Crippen LogP contribution is -2.34. The van der Waals surface area contributed by atoms with E-state index in [0.29, 0.717) is 6.54 Å². The molecule has 1 fully saturated rings. The molecule has 0 unspecified atom stereocenters. The molecule has 0 atom stereocenters. The standard InChI is InChI=1S/C20H19FN4O/c1-25-13-16(12-24-25)15-8-14(9-22-11-15)10-23-19(26)20(6-7-20)17-2-4-18(21)5-3-17/h2-5,8-9,11-13H,6-7,10H2,1H3,(H,23,26). The summed E-state index contributed by atoms with van der Waals surface area (Å²) in [4.78, 5) is 17.0. The first-order chi connectivity index (χ1) is 12.6. The van der Waals surface area contributed by atoms with E-state index in [1.165, 1.54) is 12.1 Å². The van der Waals surface area contributed by atoms with E-state index in [1.54, 1.807) is 35.4 Å². The normalized spacial score (nSPS) is 14.8. The highest BCUT2D eigenvalue weighted by molar-refractivity contribution is 5.91. The van der Waals surface area contributed by atoms with Gasteiger partial charge in [0.25, 0.3) is 0 Å². The number of nitrogens with zero attached hydrogens (tertiary/aromatic N) is 3. The molecule has 0 saturated heterocycles. The lowest BCUT2D eigenvalue weighted by molar-refractivity contribution is -0.123. The third kappa shape index (κ3) is 3.10. The molecule has 2 heterocycles. The van der Waals surface area contributed by atoms with Gasteiger partial charge in [-0.05, 0) is 42.2 Å². The first-order valence-corrected chi connectivity index (χ1v) is 8.54. The van der Waals surface area contributed by atoms with Gasteiger partial charge in [-0.25, -0.2) is 4.39 Å². The molecule has 1 aliphatic carbocycles. The summed E-state index contributed by atoms with van der Waals surface area (Å²) in [6.07, 6.45) is 8.82. The van der Waals surface area contributed by atoms with Crippen molar-refractivity contribution < 1.29 is 9.18 Å². The maximum atomic E-state index is 13.1. The Kier molecular flexibility index (Phi) is 4.03. The van der Waals surface area contributed by atoms with Gasteiger partial charge in [0.05, 0.1) is 11.6 Å². The second-order valence-corrected chi connectivity index (χ2v) is 6.76. The topological polar surface area (TPSA) is 59.8 Å². The highest BCUT2D eigenvalue weighted by Gasteiger charge is 2.51. The molecule has 1 saturated carbocycles. The average Bonchev–Trinajstić information content (AvgIpc) is 3.35. The minimum absolute atomic E-state index is 0.0177. The van der Waals surface area contributed by atoms with E-state index in [9.17, 15) is 9.18 Å². The summed E-state index contributed by atoms with van der Waals surface area (Å²) in [7, 11) is 1.87. The zero-order valence-corrected chi connectivity index (χ0v) is 14.4. The van der Waals surface area contributed by atoms with E-state index in [2.05, 4.69) is 15.4 Å². The van der Waals surface area contributed by atoms with Gasteiger partial charge in [-0.3, -0.25) is 14.5 Å². The SMILES string of the molecule is Cn1cc(-c2cncc(CNC(=O)C3(c4ccc(F)cc4)CC3)c2)cn1. The van der Waals surface area contributed by atoms with Crippen molar-refractivity contribution in [3.63, 3.8) is 0 Å². The third-order valence-corrected chi connectivity index (χ3v) is 4.87. The smallest absolute Gasteiger partial charge is 0.230 e. The summed E-state index contributed by atoms with van der Waals surface area (Å²) in [5, 5.41) is 7.17. The fraction of sp³-hybridized carbons (Fsp3) is 0.250. The van der Waals surface area contributed by atoms with Crippen molar-refractivity contribution in [1.82, 2.24) is 20.1 Å². The molecule has 5 nitrogen and oxygen atoms in total. The van der Waals surface area contributed by atoms with E-state index in [1.807, 2.05) is 19.3 Å². The molecule has 6 heteroatoms. The maximum Gasteiger partial charge on any atom is 0.230 e. The van der Waals surface area contributed by atoms with Crippen molar-refractivity contribution in [1.29, 1.82) is 0 Å². The maximum absolute atomic E-state index is 13.1. The summed E-state index contributed by atoms with van der Waals surface area (Å²) in [5.74, 6) is -0.306. The molecule has 0 radical (unpaired) electrons. The molecule has 0 spiro atoms. The Bertz CT molecular complexity index is 944. The molecule has 1 aromatic carbocycles. The lowest BCUT2D eigenvalue weighted by atomic mass is 9.95. The molecule has 0 bridgehead atoms. The van der Waals surface area contributed by atoms with Gasteiger partial charge in [0, 0.05) is 43.3 Å². The van der Waals surface area contributed by atoms with Crippen LogP contribution >= 0.6 is 0 Å². The lowest BCUT2D eigenvalue weighted by Gasteiger charge is -2.16. The van der Waals surface area contributed by atoms with Crippen LogP contribution in [0.3, 0.4) is 0 Å². The van der Waals surface area contributed by atoms with E-state index >= 15 is 0 Å². The van der Waals surface area contributed by atoms with Gasteiger partial charge < -0.3 is 5.32 Å². The van der Waals surface area contributed by atoms with Crippen LogP contribution in [-0.2, 0) is 23.8 Å². The van der Waals surface area contributed by atoms with Crippen LogP contribution < -0.4 is 5.32 Å². The van der Waals surface area contributed by atoms with Gasteiger partial charge in [-0.15, -0.1) is 0 Å². The fourth-order valence-corrected chi connectivity index (χ4v) is 3.20. The largest absolute Gasteiger partial charge is 0.351 e. The zero-order chi connectivity index (χ0) is 18.1. The van der Waals surface area contributed by atoms with Crippen LogP contribution in [0.1, 0.15) is 24.0 Å². The summed E-state index contributed by atoms with van der Waals surface area (Å²) < 4.78 is 14.9. The van der Waals surface area contributed by atoms with Crippen LogP contribution in [0.4, 0.5) is 4.39 Å². The highest BCUT2D eigenvalue weighted by atomic mass is 19.1. The second kappa shape index (κ2) is 6.37. The van der Waals surface area contributed by atoms with E-state index < -0.39 is 5.41 Å². The molecule has 4 rings (SSSR count). The predicted octanol–water partition coefficient (Wildman–Crippen LogP) is 2.97. The number of aryl methyl sites for hydroxylation is 1. The quantitative estimate of drug-likeness (QED) is 0.770. The predicted molar refractivity (Wildman–Crippen MR) is 95.6 cm³/mol. The van der Waals surface area contributed by atoms with Crippen molar-refractivity contribution in [2.45, 2.75) is 24.8 Å². The number of rotatable bonds is 5. The number of aromatic nitrogens is 3. The Balaban J connectivity index is 1.46. The molecule has 132 valence electrons. The van der Waals surface area contributed by atoms with Gasteiger partial charge in [0.15, 0.2) is 0 Å². The Morgan fingerprint density at radius 3 is 2.62 bits per heavy atom. The monoisotopic (exact) mass is 350 g/mol. The number of hydrogen-bond donors (Lipinski definition) is 1. The summed E-state index contributed by atoms with van der Waals surface area (Å²) in [6, 6.07) is 8.22. The molecule has 3 aromatic rings. The number of nitrogens with one attached hydrogen (secondary N) is 1. The minimum atomic E-state index is -0.512. The van der Waals surface area contributed by atoms with E-state index in [0.717, 1.165) is 35.1 Å². The Morgan fingerprint density at radius 2 is 1.96 bits per heavy atom. The van der Waals surface area contributed by atoms with Crippen LogP contribution in [0.25, 0.3) is 11.1 Å². The van der Waals surface area contributed by atoms with Crippen molar-refractivity contribution in [3.8, 4) is 11.1 Å². The summed E-state index contributed by atoms with van der Waals surface area (Å²) in [5.41, 5.74) is 3.23. The second-order valence-electron chi connectivity index (χ2n) is 6.76. The summed E-state index contributed by atoms with van der Waals surface area (Å²) >= 11 is 0. The Morgan fingerprint density at radius 1 is 1.19 bits per heavy atom. The Labute approximate surface area is 150 Å². The van der Waals surface area contributed by atoms with Crippen molar-refractivity contribution >= 4 is 5.91 Å². The number of amides is 1. The van der Waals surface area contributed by atoms with Crippen molar-refractivity contribution in [2.75, 3.05) is 0 Å². The van der Waals surface area contributed by atoms with Crippen LogP contribution in [0.15, 0.2) is 55.1 Å². The molecule has 1 amide bonds. The number of halogens is 1. The fourth-order valence-electron chi connectivity index (χ4n) is 3.20. The number of carbonyl (C=O) groups is 1. The zero-order valence-electron chi connectivity index (χ0n) is 14.4. The Hall–Kier alpha value is -3.02. The number of carbonyl (C=O) groups excluding carboxylic acids is 1. The average molecular weight is 350 g/mol. The van der Waals surface area contributed by atoms with Gasteiger partial charge >= 0.3 is 0 Å². The molecule has 2 aromatic heterocycles. The number of pyridine rings is 1. The van der Waals surface area contributed by atoms with Crippen LogP contribution in [0, 0.1) is 5.82 Å². The molecular weight excluding hydrogens is 331 g/mol. The first kappa shape index (κ1) is 16.4. The van der Waals surface area contributed by atoms with Gasteiger partial charge in [0.2, 0.25) is 5.91 Å². The molecule has 1 aliphatic rings. The van der Waals surface area contributed by atoms with Crippen LogP contribution in [-0.4, -0.2) is 20.7 Å². The third-order valence-electron chi connectivity index (χ3n) is 4.87. The molecule has 26 heavy (non-hydrogen) atoms. The van der Waals surface area contributed by atoms with Gasteiger partial charge in [-0.1, -0.05) is 12.1 Å². The number of benzene rings is 1. The van der Waals surface area contributed by atoms with Crippen LogP contribution in [0.2, 0.25) is 0 Å². The van der Waals surface area contributed by atoms with Gasteiger partial charge in [-0.2, -0.15) is 5.10 Å². The summed E-state index contributed by atoms with van der Waals surface area (Å²) in [6.45, 7) is 0.406. The van der Waals surface area contributed by atoms with Crippen LogP contribution in [0.5, 0.6) is 0 Å². The van der Waals surface area contributed by atoms with E-state index in [-0.39, 0.29) is 11.7 Å². The van der Waals surface area contributed by atoms with Crippen molar-refractivity contribution in [3.05, 3.63) is 72.1 Å². The van der Waals surface area contributed by atoms with Crippen molar-refractivity contribution in [2.24, 2.45) is 7.05 Å². The van der Waals surface area contributed by atoms with E-state index in [4.69, 9.17) is 0 Å².